The summed E-state index contributed by atoms with van der Waals surface area (Å²) < 4.78 is 13.1. The number of amides is 2. The first kappa shape index (κ1) is 17.6. The van der Waals surface area contributed by atoms with E-state index in [0.29, 0.717) is 11.1 Å². The molecule has 0 saturated carbocycles. The Bertz CT molecular complexity index is 692. The van der Waals surface area contributed by atoms with Gasteiger partial charge in [-0.25, -0.2) is 4.39 Å². The Morgan fingerprint density at radius 3 is 2.42 bits per heavy atom. The van der Waals surface area contributed by atoms with Crippen molar-refractivity contribution in [1.29, 1.82) is 0 Å². The van der Waals surface area contributed by atoms with Crippen molar-refractivity contribution in [2.75, 3.05) is 13.1 Å². The lowest BCUT2D eigenvalue weighted by atomic mass is 10.1. The number of aliphatic hydroxyl groups is 1. The number of aliphatic hydroxyl groups excluding tert-OH is 1. The monoisotopic (exact) mass is 330 g/mol. The molecular weight excluding hydrogens is 311 g/mol. The molecule has 5 nitrogen and oxygen atoms in total. The fraction of sp³-hybridized carbons (Fsp3) is 0.222. The summed E-state index contributed by atoms with van der Waals surface area (Å²) in [5.41, 5.74) is 0.896. The zero-order valence-electron chi connectivity index (χ0n) is 13.0. The molecule has 0 spiro atoms. The van der Waals surface area contributed by atoms with Gasteiger partial charge in [-0.05, 0) is 29.8 Å². The van der Waals surface area contributed by atoms with Crippen LogP contribution in [0, 0.1) is 5.82 Å². The second kappa shape index (κ2) is 8.79. The van der Waals surface area contributed by atoms with Gasteiger partial charge in [0.2, 0.25) is 5.91 Å². The van der Waals surface area contributed by atoms with Crippen LogP contribution >= 0.6 is 0 Å². The molecular formula is C18H19FN2O3. The third-order valence-corrected chi connectivity index (χ3v) is 3.38. The molecule has 2 aromatic carbocycles. The molecule has 0 aromatic heterocycles. The van der Waals surface area contributed by atoms with E-state index in [-0.39, 0.29) is 31.3 Å². The number of hydrogen-bond donors (Lipinski definition) is 3. The van der Waals surface area contributed by atoms with E-state index in [0.717, 1.165) is 0 Å². The summed E-state index contributed by atoms with van der Waals surface area (Å²) >= 11 is 0. The van der Waals surface area contributed by atoms with E-state index in [2.05, 4.69) is 10.6 Å². The van der Waals surface area contributed by atoms with Crippen molar-refractivity contribution in [2.24, 2.45) is 0 Å². The minimum atomic E-state index is -1.07. The van der Waals surface area contributed by atoms with Gasteiger partial charge in [0.25, 0.3) is 5.91 Å². The van der Waals surface area contributed by atoms with Crippen LogP contribution in [0.5, 0.6) is 0 Å². The maximum absolute atomic E-state index is 13.1. The van der Waals surface area contributed by atoms with E-state index in [1.54, 1.807) is 30.3 Å². The predicted molar refractivity (Wildman–Crippen MR) is 87.8 cm³/mol. The zero-order valence-corrected chi connectivity index (χ0v) is 13.0. The number of carbonyl (C=O) groups excluding carboxylic acids is 2. The van der Waals surface area contributed by atoms with Crippen LogP contribution < -0.4 is 10.6 Å². The largest absolute Gasteiger partial charge is 0.388 e. The second-order valence-corrected chi connectivity index (χ2v) is 5.25. The number of rotatable bonds is 7. The van der Waals surface area contributed by atoms with Gasteiger partial charge < -0.3 is 15.7 Å². The van der Waals surface area contributed by atoms with Crippen molar-refractivity contribution in [3.05, 3.63) is 71.5 Å². The fourth-order valence-electron chi connectivity index (χ4n) is 2.15. The second-order valence-electron chi connectivity index (χ2n) is 5.25. The summed E-state index contributed by atoms with van der Waals surface area (Å²) in [5, 5.41) is 15.2. The molecule has 0 aliphatic carbocycles. The smallest absolute Gasteiger partial charge is 0.251 e. The van der Waals surface area contributed by atoms with E-state index < -0.39 is 11.9 Å². The van der Waals surface area contributed by atoms with Crippen LogP contribution in [0.3, 0.4) is 0 Å². The Hall–Kier alpha value is -2.73. The van der Waals surface area contributed by atoms with Gasteiger partial charge in [0, 0.05) is 18.7 Å². The molecule has 0 bridgehead atoms. The van der Waals surface area contributed by atoms with Gasteiger partial charge in [0.15, 0.2) is 0 Å². The van der Waals surface area contributed by atoms with Crippen molar-refractivity contribution in [1.82, 2.24) is 10.6 Å². The Balaban J connectivity index is 1.69. The molecule has 0 fully saturated rings. The lowest BCUT2D eigenvalue weighted by molar-refractivity contribution is -0.123. The van der Waals surface area contributed by atoms with E-state index in [9.17, 15) is 19.1 Å². The minimum Gasteiger partial charge on any atom is -0.388 e. The number of benzene rings is 2. The maximum atomic E-state index is 13.1. The topological polar surface area (TPSA) is 78.4 Å². The lowest BCUT2D eigenvalue weighted by Crippen LogP contribution is -2.35. The van der Waals surface area contributed by atoms with Crippen molar-refractivity contribution < 1.29 is 19.1 Å². The summed E-state index contributed by atoms with van der Waals surface area (Å²) in [7, 11) is 0. The average molecular weight is 330 g/mol. The van der Waals surface area contributed by atoms with E-state index in [1.165, 1.54) is 18.2 Å². The number of halogens is 1. The summed E-state index contributed by atoms with van der Waals surface area (Å²) in [6, 6.07) is 14.2. The van der Waals surface area contributed by atoms with Gasteiger partial charge >= 0.3 is 0 Å². The van der Waals surface area contributed by atoms with E-state index in [1.807, 2.05) is 6.07 Å². The minimum absolute atomic E-state index is 0.171. The first-order valence-electron chi connectivity index (χ1n) is 7.60. The van der Waals surface area contributed by atoms with Crippen LogP contribution in [-0.2, 0) is 4.79 Å². The third kappa shape index (κ3) is 5.48. The number of nitrogens with one attached hydrogen (secondary N) is 2. The Labute approximate surface area is 139 Å². The van der Waals surface area contributed by atoms with Crippen LogP contribution in [0.25, 0.3) is 0 Å². The molecule has 24 heavy (non-hydrogen) atoms. The van der Waals surface area contributed by atoms with Gasteiger partial charge in [-0.3, -0.25) is 9.59 Å². The molecule has 3 N–H and O–H groups in total. The van der Waals surface area contributed by atoms with Crippen LogP contribution in [0.2, 0.25) is 0 Å². The Kier molecular flexibility index (Phi) is 6.45. The van der Waals surface area contributed by atoms with Crippen LogP contribution in [-0.4, -0.2) is 30.0 Å². The molecule has 0 radical (unpaired) electrons. The van der Waals surface area contributed by atoms with Crippen molar-refractivity contribution in [3.8, 4) is 0 Å². The lowest BCUT2D eigenvalue weighted by Gasteiger charge is -2.12. The quantitative estimate of drug-likeness (QED) is 0.677. The third-order valence-electron chi connectivity index (χ3n) is 3.38. The fourth-order valence-corrected chi connectivity index (χ4v) is 2.15. The molecule has 1 atom stereocenters. The van der Waals surface area contributed by atoms with Crippen molar-refractivity contribution >= 4 is 11.8 Å². The molecule has 0 aliphatic rings. The summed E-state index contributed by atoms with van der Waals surface area (Å²) in [4.78, 5) is 23.5. The highest BCUT2D eigenvalue weighted by atomic mass is 19.1. The van der Waals surface area contributed by atoms with E-state index in [4.69, 9.17) is 0 Å². The molecule has 2 amide bonds. The molecule has 2 rings (SSSR count). The highest BCUT2D eigenvalue weighted by Crippen LogP contribution is 2.17. The molecule has 126 valence electrons. The maximum Gasteiger partial charge on any atom is 0.251 e. The zero-order chi connectivity index (χ0) is 17.4. The molecule has 6 heteroatoms. The Morgan fingerprint density at radius 1 is 1.00 bits per heavy atom. The highest BCUT2D eigenvalue weighted by Gasteiger charge is 2.13. The van der Waals surface area contributed by atoms with Crippen LogP contribution in [0.15, 0.2) is 54.6 Å². The molecule has 0 aliphatic heterocycles. The SMILES string of the molecule is O=C(CC(O)c1cccc(F)c1)NCCNC(=O)c1ccccc1. The Morgan fingerprint density at radius 2 is 1.71 bits per heavy atom. The van der Waals surface area contributed by atoms with Crippen molar-refractivity contribution in [2.45, 2.75) is 12.5 Å². The standard InChI is InChI=1S/C18H19FN2O3/c19-15-8-4-7-14(11-15)16(22)12-17(23)20-9-10-21-18(24)13-5-2-1-3-6-13/h1-8,11,16,22H,9-10,12H2,(H,20,23)(H,21,24). The van der Waals surface area contributed by atoms with Crippen LogP contribution in [0.4, 0.5) is 4.39 Å². The number of carbonyl (C=O) groups is 2. The average Bonchev–Trinajstić information content (AvgIpc) is 2.59. The van der Waals surface area contributed by atoms with Gasteiger partial charge in [-0.15, -0.1) is 0 Å². The molecule has 2 aromatic rings. The predicted octanol–water partition coefficient (Wildman–Crippen LogP) is 1.80. The van der Waals surface area contributed by atoms with Crippen molar-refractivity contribution in [3.63, 3.8) is 0 Å². The number of hydrogen-bond acceptors (Lipinski definition) is 3. The van der Waals surface area contributed by atoms with Gasteiger partial charge in [0.1, 0.15) is 5.82 Å². The van der Waals surface area contributed by atoms with Gasteiger partial charge in [-0.1, -0.05) is 30.3 Å². The molecule has 0 saturated heterocycles. The summed E-state index contributed by atoms with van der Waals surface area (Å²) in [5.74, 6) is -1.05. The van der Waals surface area contributed by atoms with Gasteiger partial charge in [-0.2, -0.15) is 0 Å². The first-order chi connectivity index (χ1) is 11.6. The molecule has 1 unspecified atom stereocenters. The van der Waals surface area contributed by atoms with E-state index >= 15 is 0 Å². The highest BCUT2D eigenvalue weighted by molar-refractivity contribution is 5.94. The first-order valence-corrected chi connectivity index (χ1v) is 7.60. The van der Waals surface area contributed by atoms with Crippen LogP contribution in [0.1, 0.15) is 28.4 Å². The summed E-state index contributed by atoms with van der Waals surface area (Å²) in [6.45, 7) is 0.517. The normalized spacial score (nSPS) is 11.6. The summed E-state index contributed by atoms with van der Waals surface area (Å²) in [6.07, 6.45) is -1.24. The van der Waals surface area contributed by atoms with Gasteiger partial charge in [0.05, 0.1) is 12.5 Å². The molecule has 0 heterocycles.